The van der Waals surface area contributed by atoms with Crippen molar-refractivity contribution in [3.8, 4) is 11.1 Å². The molecule has 4 rings (SSSR count). The topological polar surface area (TPSA) is 95.9 Å². The summed E-state index contributed by atoms with van der Waals surface area (Å²) in [6.45, 7) is 5.63. The Labute approximate surface area is 200 Å². The minimum atomic E-state index is -1.01. The van der Waals surface area contributed by atoms with E-state index in [9.17, 15) is 14.4 Å². The summed E-state index contributed by atoms with van der Waals surface area (Å²) in [6, 6.07) is 15.2. The zero-order chi connectivity index (χ0) is 24.3. The number of amides is 2. The molecule has 2 aromatic carbocycles. The predicted octanol–water partition coefficient (Wildman–Crippen LogP) is 4.41. The Bertz CT molecular complexity index is 1020. The molecule has 1 aliphatic carbocycles. The van der Waals surface area contributed by atoms with E-state index in [2.05, 4.69) is 31.3 Å². The number of carbonyl (C=O) groups is 3. The summed E-state index contributed by atoms with van der Waals surface area (Å²) in [6.07, 6.45) is 1.07. The van der Waals surface area contributed by atoms with Crippen LogP contribution in [0.25, 0.3) is 11.1 Å². The number of nitrogens with zero attached hydrogens (tertiary/aromatic N) is 1. The average molecular weight is 465 g/mol. The van der Waals surface area contributed by atoms with Gasteiger partial charge in [0.1, 0.15) is 12.6 Å². The largest absolute Gasteiger partial charge is 0.481 e. The summed E-state index contributed by atoms with van der Waals surface area (Å²) in [5.74, 6) is -1.34. The zero-order valence-electron chi connectivity index (χ0n) is 19.8. The van der Waals surface area contributed by atoms with Crippen LogP contribution >= 0.6 is 0 Å². The number of rotatable bonds is 9. The molecule has 1 atom stereocenters. The van der Waals surface area contributed by atoms with Crippen LogP contribution in [0.3, 0.4) is 0 Å². The van der Waals surface area contributed by atoms with Crippen LogP contribution in [0, 0.1) is 5.41 Å². The maximum atomic E-state index is 13.0. The van der Waals surface area contributed by atoms with Gasteiger partial charge in [-0.3, -0.25) is 9.59 Å². The molecule has 0 aromatic heterocycles. The van der Waals surface area contributed by atoms with E-state index in [1.54, 1.807) is 4.90 Å². The molecule has 7 heteroatoms. The summed E-state index contributed by atoms with van der Waals surface area (Å²) in [5.41, 5.74) is 4.60. The third-order valence-corrected chi connectivity index (χ3v) is 7.44. The van der Waals surface area contributed by atoms with Crippen LogP contribution in [0.4, 0.5) is 4.79 Å². The summed E-state index contributed by atoms with van der Waals surface area (Å²) < 4.78 is 5.57. The van der Waals surface area contributed by atoms with Crippen molar-refractivity contribution in [3.05, 3.63) is 59.7 Å². The number of hydrogen-bond donors (Lipinski definition) is 2. The maximum Gasteiger partial charge on any atom is 0.407 e. The van der Waals surface area contributed by atoms with Gasteiger partial charge in [0, 0.05) is 30.8 Å². The van der Waals surface area contributed by atoms with Gasteiger partial charge in [0.2, 0.25) is 5.91 Å². The van der Waals surface area contributed by atoms with E-state index < -0.39 is 18.1 Å². The second-order valence-corrected chi connectivity index (χ2v) is 9.36. The number of fused-ring (bicyclic) bond motifs is 3. The summed E-state index contributed by atoms with van der Waals surface area (Å²) in [5, 5.41) is 11.8. The molecule has 1 aliphatic heterocycles. The Kier molecular flexibility index (Phi) is 6.91. The molecule has 180 valence electrons. The lowest BCUT2D eigenvalue weighted by Gasteiger charge is -2.50. The number of nitrogens with one attached hydrogen (secondary N) is 1. The van der Waals surface area contributed by atoms with Gasteiger partial charge in [0.05, 0.1) is 0 Å². The Morgan fingerprint density at radius 3 is 2.12 bits per heavy atom. The Hall–Kier alpha value is -3.35. The Morgan fingerprint density at radius 2 is 1.59 bits per heavy atom. The number of ether oxygens (including phenoxy) is 1. The molecule has 7 nitrogen and oxygen atoms in total. The Morgan fingerprint density at radius 1 is 1.03 bits per heavy atom. The van der Waals surface area contributed by atoms with Crippen molar-refractivity contribution in [2.24, 2.45) is 5.41 Å². The van der Waals surface area contributed by atoms with E-state index in [-0.39, 0.29) is 36.7 Å². The van der Waals surface area contributed by atoms with Crippen LogP contribution < -0.4 is 5.32 Å². The zero-order valence-corrected chi connectivity index (χ0v) is 19.8. The minimum absolute atomic E-state index is 0.0279. The molecular weight excluding hydrogens is 432 g/mol. The highest BCUT2D eigenvalue weighted by atomic mass is 16.5. The molecule has 2 aromatic rings. The molecule has 0 bridgehead atoms. The van der Waals surface area contributed by atoms with Crippen LogP contribution in [0.15, 0.2) is 48.5 Å². The lowest BCUT2D eigenvalue weighted by atomic mass is 9.75. The van der Waals surface area contributed by atoms with E-state index in [1.165, 1.54) is 0 Å². The van der Waals surface area contributed by atoms with E-state index >= 15 is 0 Å². The highest BCUT2D eigenvalue weighted by molar-refractivity contribution is 5.87. The molecule has 0 radical (unpaired) electrons. The molecule has 0 spiro atoms. The van der Waals surface area contributed by atoms with Gasteiger partial charge in [-0.15, -0.1) is 0 Å². The van der Waals surface area contributed by atoms with Gasteiger partial charge in [-0.2, -0.15) is 0 Å². The first kappa shape index (κ1) is 23.8. The molecule has 2 amide bonds. The summed E-state index contributed by atoms with van der Waals surface area (Å²) in [7, 11) is 0. The fraction of sp³-hybridized carbons (Fsp3) is 0.444. The Balaban J connectivity index is 1.40. The molecule has 34 heavy (non-hydrogen) atoms. The van der Waals surface area contributed by atoms with E-state index in [0.29, 0.717) is 13.1 Å². The van der Waals surface area contributed by atoms with E-state index in [4.69, 9.17) is 9.84 Å². The van der Waals surface area contributed by atoms with Gasteiger partial charge in [-0.1, -0.05) is 62.4 Å². The quantitative estimate of drug-likeness (QED) is 0.573. The van der Waals surface area contributed by atoms with Crippen molar-refractivity contribution in [3.63, 3.8) is 0 Å². The number of alkyl carbamates (subject to hydrolysis) is 1. The fourth-order valence-corrected chi connectivity index (χ4v) is 5.14. The molecular formula is C27H32N2O5. The number of carboxylic acid groups (broad SMARTS) is 1. The second kappa shape index (κ2) is 9.87. The first-order chi connectivity index (χ1) is 16.4. The summed E-state index contributed by atoms with van der Waals surface area (Å²) in [4.78, 5) is 38.6. The SMILES string of the molecule is CCC1(CC)CN(C(=O)C(CCC(=O)O)NC(=O)OCC2c3ccccc3-c3ccccc32)C1. The van der Waals surface area contributed by atoms with Crippen LogP contribution in [0.1, 0.15) is 56.6 Å². The number of likely N-dealkylation sites (tertiary alicyclic amines) is 1. The van der Waals surface area contributed by atoms with Gasteiger partial charge >= 0.3 is 12.1 Å². The van der Waals surface area contributed by atoms with E-state index in [1.807, 2.05) is 36.4 Å². The number of carboxylic acids is 1. The third-order valence-electron chi connectivity index (χ3n) is 7.44. The highest BCUT2D eigenvalue weighted by Gasteiger charge is 2.44. The monoisotopic (exact) mass is 464 g/mol. The maximum absolute atomic E-state index is 13.0. The molecule has 1 heterocycles. The average Bonchev–Trinajstić information content (AvgIpc) is 3.14. The normalized spacial score (nSPS) is 16.7. The van der Waals surface area contributed by atoms with Crippen molar-refractivity contribution < 1.29 is 24.2 Å². The lowest BCUT2D eigenvalue weighted by molar-refractivity contribution is -0.146. The molecule has 1 fully saturated rings. The van der Waals surface area contributed by atoms with Gasteiger partial charge in [0.25, 0.3) is 0 Å². The van der Waals surface area contributed by atoms with E-state index in [0.717, 1.165) is 35.1 Å². The molecule has 2 aliphatic rings. The predicted molar refractivity (Wildman–Crippen MR) is 128 cm³/mol. The second-order valence-electron chi connectivity index (χ2n) is 9.36. The molecule has 1 saturated heterocycles. The van der Waals surface area contributed by atoms with Crippen molar-refractivity contribution in [2.75, 3.05) is 19.7 Å². The van der Waals surface area contributed by atoms with Crippen molar-refractivity contribution in [1.29, 1.82) is 0 Å². The number of aliphatic carboxylic acids is 1. The highest BCUT2D eigenvalue weighted by Crippen LogP contribution is 2.44. The van der Waals surface area contributed by atoms with Gasteiger partial charge in [-0.25, -0.2) is 4.79 Å². The minimum Gasteiger partial charge on any atom is -0.481 e. The van der Waals surface area contributed by atoms with Crippen LogP contribution in [-0.4, -0.2) is 53.7 Å². The van der Waals surface area contributed by atoms with Gasteiger partial charge in [-0.05, 0) is 41.5 Å². The number of hydrogen-bond acceptors (Lipinski definition) is 4. The first-order valence-electron chi connectivity index (χ1n) is 12.0. The molecule has 1 unspecified atom stereocenters. The van der Waals surface area contributed by atoms with Crippen LogP contribution in [0.2, 0.25) is 0 Å². The molecule has 0 saturated carbocycles. The van der Waals surface area contributed by atoms with Gasteiger partial charge < -0.3 is 20.1 Å². The number of carbonyl (C=O) groups excluding carboxylic acids is 2. The third kappa shape index (κ3) is 4.65. The van der Waals surface area contributed by atoms with Crippen molar-refractivity contribution in [1.82, 2.24) is 10.2 Å². The van der Waals surface area contributed by atoms with Gasteiger partial charge in [0.15, 0.2) is 0 Å². The summed E-state index contributed by atoms with van der Waals surface area (Å²) >= 11 is 0. The van der Waals surface area contributed by atoms with Crippen LogP contribution in [-0.2, 0) is 14.3 Å². The van der Waals surface area contributed by atoms with Crippen molar-refractivity contribution in [2.45, 2.75) is 51.5 Å². The van der Waals surface area contributed by atoms with Crippen molar-refractivity contribution >= 4 is 18.0 Å². The molecule has 2 N–H and O–H groups in total. The lowest BCUT2D eigenvalue weighted by Crippen LogP contribution is -2.62. The smallest absolute Gasteiger partial charge is 0.407 e. The standard InChI is InChI=1S/C27H32N2O5/c1-3-27(4-2)16-29(17-27)25(32)23(13-14-24(30)31)28-26(33)34-15-22-20-11-7-5-9-18(20)19-10-6-8-12-21(19)22/h5-12,22-23H,3-4,13-17H2,1-2H3,(H,28,33)(H,30,31). The number of benzene rings is 2. The first-order valence-corrected chi connectivity index (χ1v) is 12.0. The fourth-order valence-electron chi connectivity index (χ4n) is 5.14. The van der Waals surface area contributed by atoms with Crippen LogP contribution in [0.5, 0.6) is 0 Å².